The minimum Gasteiger partial charge on any atom is -0.248 e. The molecule has 1 heterocycles. The van der Waals surface area contributed by atoms with Gasteiger partial charge in [0.05, 0.1) is 11.2 Å². The molecule has 0 aliphatic heterocycles. The molecule has 0 bridgehead atoms. The standard InChI is InChI=1S/C22H16FN/c1-15-13-19-14-20(23)11-12-21(19)24-22(15)18-9-7-17(8-10-18)16-5-3-2-4-6-16/h2-14H,1H3. The molecule has 116 valence electrons. The molecular weight excluding hydrogens is 297 g/mol. The third-order valence-electron chi connectivity index (χ3n) is 4.23. The van der Waals surface area contributed by atoms with E-state index in [1.165, 1.54) is 23.3 Å². The van der Waals surface area contributed by atoms with Gasteiger partial charge < -0.3 is 0 Å². The van der Waals surface area contributed by atoms with Crippen molar-refractivity contribution in [2.75, 3.05) is 0 Å². The quantitative estimate of drug-likeness (QED) is 0.441. The Bertz CT molecular complexity index is 1010. The van der Waals surface area contributed by atoms with Crippen molar-refractivity contribution < 1.29 is 4.39 Å². The molecule has 0 spiro atoms. The Hall–Kier alpha value is -3.00. The molecule has 1 aromatic heterocycles. The summed E-state index contributed by atoms with van der Waals surface area (Å²) in [4.78, 5) is 4.72. The lowest BCUT2D eigenvalue weighted by Gasteiger charge is -2.09. The molecule has 0 aliphatic carbocycles. The van der Waals surface area contributed by atoms with E-state index < -0.39 is 0 Å². The predicted octanol–water partition coefficient (Wildman–Crippen LogP) is 6.02. The van der Waals surface area contributed by atoms with E-state index >= 15 is 0 Å². The first kappa shape index (κ1) is 14.6. The fourth-order valence-electron chi connectivity index (χ4n) is 3.00. The van der Waals surface area contributed by atoms with Crippen LogP contribution in [0.2, 0.25) is 0 Å². The van der Waals surface area contributed by atoms with E-state index in [2.05, 4.69) is 36.4 Å². The lowest BCUT2D eigenvalue weighted by Crippen LogP contribution is -1.91. The van der Waals surface area contributed by atoms with E-state index in [9.17, 15) is 4.39 Å². The van der Waals surface area contributed by atoms with Crippen LogP contribution in [0.4, 0.5) is 4.39 Å². The van der Waals surface area contributed by atoms with E-state index in [0.29, 0.717) is 0 Å². The molecule has 2 heteroatoms. The number of hydrogen-bond donors (Lipinski definition) is 0. The average molecular weight is 313 g/mol. The number of benzene rings is 3. The topological polar surface area (TPSA) is 12.9 Å². The smallest absolute Gasteiger partial charge is 0.123 e. The zero-order valence-corrected chi connectivity index (χ0v) is 13.3. The van der Waals surface area contributed by atoms with Crippen molar-refractivity contribution in [2.45, 2.75) is 6.92 Å². The van der Waals surface area contributed by atoms with Gasteiger partial charge in [0.2, 0.25) is 0 Å². The lowest BCUT2D eigenvalue weighted by molar-refractivity contribution is 0.629. The molecule has 0 radical (unpaired) electrons. The maximum Gasteiger partial charge on any atom is 0.123 e. The average Bonchev–Trinajstić information content (AvgIpc) is 2.62. The van der Waals surface area contributed by atoms with Gasteiger partial charge >= 0.3 is 0 Å². The van der Waals surface area contributed by atoms with Gasteiger partial charge in [0, 0.05) is 10.9 Å². The Labute approximate surface area is 140 Å². The Balaban J connectivity index is 1.77. The summed E-state index contributed by atoms with van der Waals surface area (Å²) in [6.45, 7) is 2.01. The van der Waals surface area contributed by atoms with Crippen molar-refractivity contribution in [2.24, 2.45) is 0 Å². The number of halogens is 1. The van der Waals surface area contributed by atoms with Crippen molar-refractivity contribution >= 4 is 10.9 Å². The van der Waals surface area contributed by atoms with Crippen molar-refractivity contribution in [3.8, 4) is 22.4 Å². The summed E-state index contributed by atoms with van der Waals surface area (Å²) in [5, 5.41) is 0.831. The summed E-state index contributed by atoms with van der Waals surface area (Å²) in [5.74, 6) is -0.233. The number of hydrogen-bond acceptors (Lipinski definition) is 1. The first-order chi connectivity index (χ1) is 11.7. The van der Waals surface area contributed by atoms with E-state index in [4.69, 9.17) is 4.98 Å². The molecule has 0 saturated heterocycles. The van der Waals surface area contributed by atoms with Crippen LogP contribution >= 0.6 is 0 Å². The highest BCUT2D eigenvalue weighted by Gasteiger charge is 2.07. The molecule has 0 atom stereocenters. The molecule has 3 aromatic carbocycles. The third kappa shape index (κ3) is 2.67. The van der Waals surface area contributed by atoms with Gasteiger partial charge in [0.15, 0.2) is 0 Å². The second-order valence-corrected chi connectivity index (χ2v) is 5.93. The van der Waals surface area contributed by atoms with Crippen molar-refractivity contribution in [1.29, 1.82) is 0 Å². The van der Waals surface area contributed by atoms with Crippen LogP contribution in [0.3, 0.4) is 0 Å². The number of aromatic nitrogens is 1. The molecular formula is C22H16FN. The Morgan fingerprint density at radius 3 is 2.12 bits per heavy atom. The summed E-state index contributed by atoms with van der Waals surface area (Å²) in [6, 6.07) is 25.4. The number of pyridine rings is 1. The predicted molar refractivity (Wildman–Crippen MR) is 97.3 cm³/mol. The van der Waals surface area contributed by atoms with Crippen LogP contribution in [0, 0.1) is 12.7 Å². The summed E-state index contributed by atoms with van der Waals surface area (Å²) in [7, 11) is 0. The Kier molecular flexibility index (Phi) is 3.58. The molecule has 0 fully saturated rings. The highest BCUT2D eigenvalue weighted by atomic mass is 19.1. The van der Waals surface area contributed by atoms with Crippen LogP contribution in [-0.4, -0.2) is 4.98 Å². The molecule has 0 unspecified atom stereocenters. The summed E-state index contributed by atoms with van der Waals surface area (Å²) in [5.41, 5.74) is 6.24. The summed E-state index contributed by atoms with van der Waals surface area (Å²) < 4.78 is 13.4. The molecule has 0 saturated carbocycles. The van der Waals surface area contributed by atoms with Crippen molar-refractivity contribution in [3.63, 3.8) is 0 Å². The van der Waals surface area contributed by atoms with E-state index in [0.717, 1.165) is 27.7 Å². The number of aryl methyl sites for hydroxylation is 1. The zero-order valence-electron chi connectivity index (χ0n) is 13.3. The van der Waals surface area contributed by atoms with Gasteiger partial charge in [-0.3, -0.25) is 0 Å². The number of rotatable bonds is 2. The molecule has 1 nitrogen and oxygen atoms in total. The van der Waals surface area contributed by atoms with Crippen LogP contribution in [0.1, 0.15) is 5.56 Å². The first-order valence-corrected chi connectivity index (χ1v) is 7.93. The van der Waals surface area contributed by atoms with Crippen LogP contribution in [0.5, 0.6) is 0 Å². The number of nitrogens with zero attached hydrogens (tertiary/aromatic N) is 1. The van der Waals surface area contributed by atoms with Crippen LogP contribution < -0.4 is 0 Å². The monoisotopic (exact) mass is 313 g/mol. The highest BCUT2D eigenvalue weighted by molar-refractivity contribution is 5.83. The fourth-order valence-corrected chi connectivity index (χ4v) is 3.00. The first-order valence-electron chi connectivity index (χ1n) is 7.93. The largest absolute Gasteiger partial charge is 0.248 e. The molecule has 4 aromatic rings. The number of fused-ring (bicyclic) bond motifs is 1. The van der Waals surface area contributed by atoms with Gasteiger partial charge in [-0.2, -0.15) is 0 Å². The van der Waals surface area contributed by atoms with E-state index in [-0.39, 0.29) is 5.82 Å². The molecule has 0 N–H and O–H groups in total. The minimum atomic E-state index is -0.233. The normalized spacial score (nSPS) is 10.9. The van der Waals surface area contributed by atoms with Gasteiger partial charge in [-0.25, -0.2) is 9.37 Å². The second-order valence-electron chi connectivity index (χ2n) is 5.93. The van der Waals surface area contributed by atoms with Gasteiger partial charge in [-0.15, -0.1) is 0 Å². The maximum absolute atomic E-state index is 13.4. The van der Waals surface area contributed by atoms with Crippen LogP contribution in [-0.2, 0) is 0 Å². The molecule has 24 heavy (non-hydrogen) atoms. The second kappa shape index (κ2) is 5.89. The maximum atomic E-state index is 13.4. The third-order valence-corrected chi connectivity index (χ3v) is 4.23. The van der Waals surface area contributed by atoms with Crippen LogP contribution in [0.25, 0.3) is 33.3 Å². The van der Waals surface area contributed by atoms with Gasteiger partial charge in [-0.05, 0) is 47.9 Å². The van der Waals surface area contributed by atoms with Gasteiger partial charge in [-0.1, -0.05) is 54.6 Å². The van der Waals surface area contributed by atoms with Gasteiger partial charge in [0.25, 0.3) is 0 Å². The summed E-state index contributed by atoms with van der Waals surface area (Å²) in [6.07, 6.45) is 0. The Morgan fingerprint density at radius 2 is 1.38 bits per heavy atom. The molecule has 4 rings (SSSR count). The molecule has 0 aliphatic rings. The molecule has 0 amide bonds. The summed E-state index contributed by atoms with van der Waals surface area (Å²) >= 11 is 0. The zero-order chi connectivity index (χ0) is 16.5. The van der Waals surface area contributed by atoms with Crippen molar-refractivity contribution in [1.82, 2.24) is 4.98 Å². The van der Waals surface area contributed by atoms with E-state index in [1.807, 2.05) is 31.2 Å². The fraction of sp³-hybridized carbons (Fsp3) is 0.0455. The highest BCUT2D eigenvalue weighted by Crippen LogP contribution is 2.28. The minimum absolute atomic E-state index is 0.233. The SMILES string of the molecule is Cc1cc2cc(F)ccc2nc1-c1ccc(-c2ccccc2)cc1. The van der Waals surface area contributed by atoms with Crippen molar-refractivity contribution in [3.05, 3.63) is 90.2 Å². The van der Waals surface area contributed by atoms with Gasteiger partial charge in [0.1, 0.15) is 5.82 Å². The lowest BCUT2D eigenvalue weighted by atomic mass is 10.00. The van der Waals surface area contributed by atoms with E-state index in [1.54, 1.807) is 6.07 Å². The van der Waals surface area contributed by atoms with Crippen LogP contribution in [0.15, 0.2) is 78.9 Å². The Morgan fingerprint density at radius 1 is 0.708 bits per heavy atom.